The van der Waals surface area contributed by atoms with Crippen LogP contribution in [0.2, 0.25) is 0 Å². The van der Waals surface area contributed by atoms with Gasteiger partial charge in [0.25, 0.3) is 0 Å². The van der Waals surface area contributed by atoms with E-state index >= 15 is 0 Å². The number of hydrogen-bond acceptors (Lipinski definition) is 5. The molecule has 2 N–H and O–H groups in total. The Labute approximate surface area is 142 Å². The van der Waals surface area contributed by atoms with Gasteiger partial charge in [-0.15, -0.1) is 5.10 Å². The fraction of sp³-hybridized carbons (Fsp3) is 0.250. The maximum atomic E-state index is 12.0. The fourth-order valence-electron chi connectivity index (χ4n) is 2.29. The third-order valence-corrected chi connectivity index (χ3v) is 4.55. The van der Waals surface area contributed by atoms with Crippen molar-refractivity contribution < 1.29 is 4.79 Å². The van der Waals surface area contributed by atoms with E-state index in [9.17, 15) is 4.79 Å². The zero-order valence-electron chi connectivity index (χ0n) is 12.8. The molecule has 8 heteroatoms. The number of imidazole rings is 1. The number of hydrogen-bond donors (Lipinski definition) is 2. The van der Waals surface area contributed by atoms with Crippen LogP contribution in [0.3, 0.4) is 0 Å². The highest BCUT2D eigenvalue weighted by Crippen LogP contribution is 2.39. The summed E-state index contributed by atoms with van der Waals surface area (Å²) < 4.78 is 1.82. The number of para-hydroxylation sites is 1. The molecule has 0 spiro atoms. The Morgan fingerprint density at radius 3 is 2.88 bits per heavy atom. The third-order valence-electron chi connectivity index (χ3n) is 3.63. The van der Waals surface area contributed by atoms with Gasteiger partial charge in [-0.25, -0.2) is 14.6 Å². The van der Waals surface area contributed by atoms with E-state index in [1.165, 1.54) is 11.8 Å². The first kappa shape index (κ1) is 14.9. The average molecular weight is 340 g/mol. The highest BCUT2D eigenvalue weighted by molar-refractivity contribution is 7.99. The molecule has 0 bridgehead atoms. The summed E-state index contributed by atoms with van der Waals surface area (Å²) in [4.78, 5) is 23.5. The molecule has 4 rings (SSSR count). The van der Waals surface area contributed by atoms with E-state index in [4.69, 9.17) is 0 Å². The molecule has 0 atom stereocenters. The van der Waals surface area contributed by atoms with E-state index in [1.54, 1.807) is 12.4 Å². The standard InChI is InChI=1S/C16H16N6OS/c23-13(19-15-17-8-9-18-15)10-24-16-20-14(11-6-7-11)21-22(16)12-4-2-1-3-5-12/h1-5,8-9,11H,6-7,10H2,(H2,17,18,19,23). The Bertz CT molecular complexity index is 826. The van der Waals surface area contributed by atoms with Crippen LogP contribution in [0.5, 0.6) is 0 Å². The Morgan fingerprint density at radius 2 is 2.17 bits per heavy atom. The molecule has 1 amide bonds. The van der Waals surface area contributed by atoms with Crippen molar-refractivity contribution in [2.45, 2.75) is 23.9 Å². The van der Waals surface area contributed by atoms with Crippen LogP contribution >= 0.6 is 11.8 Å². The van der Waals surface area contributed by atoms with E-state index in [0.717, 1.165) is 29.5 Å². The zero-order chi connectivity index (χ0) is 16.4. The van der Waals surface area contributed by atoms with Gasteiger partial charge < -0.3 is 4.98 Å². The van der Waals surface area contributed by atoms with Crippen molar-refractivity contribution in [2.75, 3.05) is 11.1 Å². The molecule has 0 unspecified atom stereocenters. The molecule has 122 valence electrons. The number of nitrogens with one attached hydrogen (secondary N) is 2. The number of aromatic amines is 1. The van der Waals surface area contributed by atoms with Crippen LogP contribution in [0.15, 0.2) is 47.9 Å². The van der Waals surface area contributed by atoms with E-state index in [0.29, 0.717) is 11.9 Å². The molecule has 1 aliphatic carbocycles. The molecule has 1 fully saturated rings. The second-order valence-corrected chi connectivity index (χ2v) is 6.49. The van der Waals surface area contributed by atoms with E-state index in [-0.39, 0.29) is 11.7 Å². The minimum atomic E-state index is -0.134. The Hall–Kier alpha value is -2.61. The number of anilines is 1. The summed E-state index contributed by atoms with van der Waals surface area (Å²) in [5.41, 5.74) is 0.950. The minimum Gasteiger partial charge on any atom is -0.331 e. The van der Waals surface area contributed by atoms with Crippen molar-refractivity contribution in [3.63, 3.8) is 0 Å². The van der Waals surface area contributed by atoms with Crippen LogP contribution in [-0.2, 0) is 4.79 Å². The number of aromatic nitrogens is 5. The van der Waals surface area contributed by atoms with Gasteiger partial charge in [-0.3, -0.25) is 10.1 Å². The van der Waals surface area contributed by atoms with Gasteiger partial charge in [-0.1, -0.05) is 30.0 Å². The van der Waals surface area contributed by atoms with Crippen molar-refractivity contribution >= 4 is 23.6 Å². The largest absolute Gasteiger partial charge is 0.331 e. The Morgan fingerprint density at radius 1 is 1.33 bits per heavy atom. The van der Waals surface area contributed by atoms with Gasteiger partial charge >= 0.3 is 0 Å². The van der Waals surface area contributed by atoms with Crippen molar-refractivity contribution in [2.24, 2.45) is 0 Å². The normalized spacial score (nSPS) is 13.8. The molecule has 7 nitrogen and oxygen atoms in total. The lowest BCUT2D eigenvalue weighted by Crippen LogP contribution is -2.15. The second-order valence-electron chi connectivity index (χ2n) is 5.55. The Balaban J connectivity index is 1.50. The van der Waals surface area contributed by atoms with E-state index < -0.39 is 0 Å². The average Bonchev–Trinajstić information content (AvgIpc) is 3.17. The van der Waals surface area contributed by atoms with Gasteiger partial charge in [0.1, 0.15) is 0 Å². The number of carbonyl (C=O) groups excluding carboxylic acids is 1. The summed E-state index contributed by atoms with van der Waals surface area (Å²) in [5, 5.41) is 8.07. The molecule has 3 aromatic rings. The molecule has 0 aliphatic heterocycles. The molecule has 0 radical (unpaired) electrons. The summed E-state index contributed by atoms with van der Waals surface area (Å²) in [5.74, 6) is 1.89. The number of rotatable bonds is 6. The molecule has 1 aromatic carbocycles. The van der Waals surface area contributed by atoms with Crippen molar-refractivity contribution in [1.82, 2.24) is 24.7 Å². The number of nitrogens with zero attached hydrogens (tertiary/aromatic N) is 4. The molecule has 0 saturated heterocycles. The second kappa shape index (κ2) is 6.48. The zero-order valence-corrected chi connectivity index (χ0v) is 13.7. The topological polar surface area (TPSA) is 88.5 Å². The summed E-state index contributed by atoms with van der Waals surface area (Å²) in [6.45, 7) is 0. The molecule has 1 saturated carbocycles. The lowest BCUT2D eigenvalue weighted by atomic mass is 10.3. The molecule has 2 aromatic heterocycles. The van der Waals surface area contributed by atoms with Crippen LogP contribution < -0.4 is 5.32 Å². The van der Waals surface area contributed by atoms with Crippen molar-refractivity contribution in [1.29, 1.82) is 0 Å². The maximum absolute atomic E-state index is 12.0. The van der Waals surface area contributed by atoms with Crippen LogP contribution in [-0.4, -0.2) is 36.4 Å². The highest BCUT2D eigenvalue weighted by Gasteiger charge is 2.29. The minimum absolute atomic E-state index is 0.134. The maximum Gasteiger partial charge on any atom is 0.237 e. The molecular weight excluding hydrogens is 324 g/mol. The van der Waals surface area contributed by atoms with E-state index in [1.807, 2.05) is 35.0 Å². The molecule has 2 heterocycles. The summed E-state index contributed by atoms with van der Waals surface area (Å²) >= 11 is 1.37. The van der Waals surface area contributed by atoms with Crippen LogP contribution in [0.25, 0.3) is 5.69 Å². The molecule has 24 heavy (non-hydrogen) atoms. The first-order valence-electron chi connectivity index (χ1n) is 7.74. The van der Waals surface area contributed by atoms with Gasteiger partial charge in [-0.05, 0) is 25.0 Å². The van der Waals surface area contributed by atoms with Gasteiger partial charge in [0, 0.05) is 18.3 Å². The SMILES string of the molecule is O=C(CSc1nc(C2CC2)nn1-c1ccccc1)Nc1ncc[nH]1. The number of H-pyrrole nitrogens is 1. The fourth-order valence-corrected chi connectivity index (χ4v) is 3.05. The lowest BCUT2D eigenvalue weighted by Gasteiger charge is -2.05. The number of benzene rings is 1. The third kappa shape index (κ3) is 3.33. The number of thioether (sulfide) groups is 1. The highest BCUT2D eigenvalue weighted by atomic mass is 32.2. The molecule has 1 aliphatic rings. The van der Waals surface area contributed by atoms with Crippen LogP contribution in [0.1, 0.15) is 24.6 Å². The van der Waals surface area contributed by atoms with Crippen molar-refractivity contribution in [3.05, 3.63) is 48.5 Å². The predicted molar refractivity (Wildman–Crippen MR) is 91.3 cm³/mol. The van der Waals surface area contributed by atoms with Crippen molar-refractivity contribution in [3.8, 4) is 5.69 Å². The summed E-state index contributed by atoms with van der Waals surface area (Å²) in [7, 11) is 0. The van der Waals surface area contributed by atoms with Crippen LogP contribution in [0.4, 0.5) is 5.95 Å². The van der Waals surface area contributed by atoms with Crippen LogP contribution in [0, 0.1) is 0 Å². The first-order valence-corrected chi connectivity index (χ1v) is 8.72. The molecular formula is C16H16N6OS. The summed E-state index contributed by atoms with van der Waals surface area (Å²) in [6.07, 6.45) is 5.54. The number of amides is 1. The first-order chi connectivity index (χ1) is 11.8. The quantitative estimate of drug-likeness (QED) is 0.673. The van der Waals surface area contributed by atoms with Gasteiger partial charge in [-0.2, -0.15) is 0 Å². The van der Waals surface area contributed by atoms with Gasteiger partial charge in [0.2, 0.25) is 11.9 Å². The van der Waals surface area contributed by atoms with Gasteiger partial charge in [0.15, 0.2) is 11.0 Å². The lowest BCUT2D eigenvalue weighted by molar-refractivity contribution is -0.113. The monoisotopic (exact) mass is 340 g/mol. The smallest absolute Gasteiger partial charge is 0.237 e. The Kier molecular flexibility index (Phi) is 4.04. The predicted octanol–water partition coefficient (Wildman–Crippen LogP) is 2.60. The van der Waals surface area contributed by atoms with Gasteiger partial charge in [0.05, 0.1) is 11.4 Å². The summed E-state index contributed by atoms with van der Waals surface area (Å²) in [6, 6.07) is 9.86. The number of carbonyl (C=O) groups is 1. The van der Waals surface area contributed by atoms with E-state index in [2.05, 4.69) is 25.4 Å².